The molecule has 1 aromatic rings. The molecule has 0 fully saturated rings. The van der Waals surface area contributed by atoms with Gasteiger partial charge >= 0.3 is 0 Å². The van der Waals surface area contributed by atoms with Gasteiger partial charge in [-0.25, -0.2) is 0 Å². The van der Waals surface area contributed by atoms with Crippen molar-refractivity contribution in [2.24, 2.45) is 0 Å². The molecule has 0 spiro atoms. The Labute approximate surface area is 82.9 Å². The van der Waals surface area contributed by atoms with Crippen molar-refractivity contribution >= 4 is 33.2 Å². The average molecular weight is 241 g/mol. The van der Waals surface area contributed by atoms with Crippen LogP contribution in [-0.4, -0.2) is 6.69 Å². The molecule has 0 saturated heterocycles. The summed E-state index contributed by atoms with van der Waals surface area (Å²) in [5.41, 5.74) is 1.26. The monoisotopic (exact) mass is 240 g/mol. The van der Waals surface area contributed by atoms with Gasteiger partial charge in [0.05, 0.1) is 0 Å². The van der Waals surface area contributed by atoms with E-state index in [2.05, 4.69) is 53.2 Å². The number of benzene rings is 1. The fourth-order valence-electron chi connectivity index (χ4n) is 1.22. The molecule has 0 amide bonds. The molecule has 0 atom stereocenters. The predicted molar refractivity (Wildman–Crippen MR) is 62.6 cm³/mol. The van der Waals surface area contributed by atoms with Crippen LogP contribution in [0.4, 0.5) is 0 Å². The van der Waals surface area contributed by atoms with Crippen LogP contribution in [0.3, 0.4) is 0 Å². The first kappa shape index (κ1) is 9.74. The highest BCUT2D eigenvalue weighted by molar-refractivity contribution is 9.26. The van der Waals surface area contributed by atoms with Gasteiger partial charge in [0.15, 0.2) is 6.69 Å². The van der Waals surface area contributed by atoms with Crippen LogP contribution in [0.15, 0.2) is 30.8 Å². The van der Waals surface area contributed by atoms with E-state index in [4.69, 9.17) is 0 Å². The number of hydrogen-bond donors (Lipinski definition) is 0. The van der Waals surface area contributed by atoms with E-state index >= 15 is 0 Å². The molecule has 0 radical (unpaired) electrons. The highest BCUT2D eigenvalue weighted by atomic mass is 79.9. The summed E-state index contributed by atoms with van der Waals surface area (Å²) >= 11 is 3.77. The van der Waals surface area contributed by atoms with Crippen molar-refractivity contribution in [3.8, 4) is 0 Å². The Morgan fingerprint density at radius 1 is 1.33 bits per heavy atom. The van der Waals surface area contributed by atoms with E-state index in [1.807, 2.05) is 12.1 Å². The Morgan fingerprint density at radius 3 is 2.33 bits per heavy atom. The first-order valence-corrected chi connectivity index (χ1v) is 9.22. The van der Waals surface area contributed by atoms with Gasteiger partial charge in [0.1, 0.15) is 0 Å². The third kappa shape index (κ3) is 2.08. The highest BCUT2D eigenvalue weighted by Gasteiger charge is 2.20. The largest absolute Gasteiger partial charge is 0.155 e. The molecule has 0 heterocycles. The van der Waals surface area contributed by atoms with Gasteiger partial charge in [0.25, 0.3) is 0 Å². The molecule has 0 aliphatic heterocycles. The van der Waals surface area contributed by atoms with Crippen molar-refractivity contribution in [2.75, 3.05) is 0 Å². The molecule has 0 aliphatic rings. The predicted octanol–water partition coefficient (Wildman–Crippen LogP) is 3.14. The molecular weight excluding hydrogens is 228 g/mol. The lowest BCUT2D eigenvalue weighted by Gasteiger charge is -2.16. The van der Waals surface area contributed by atoms with Crippen LogP contribution in [0.5, 0.6) is 0 Å². The van der Waals surface area contributed by atoms with E-state index in [-0.39, 0.29) is 0 Å². The molecule has 0 aliphatic carbocycles. The Hall–Kier alpha value is -0.343. The van der Waals surface area contributed by atoms with E-state index in [1.165, 1.54) is 10.8 Å². The normalized spacial score (nSPS) is 11.2. The molecule has 64 valence electrons. The van der Waals surface area contributed by atoms with Crippen molar-refractivity contribution in [1.82, 2.24) is 0 Å². The molecular formula is C10H13BrSi. The molecule has 1 aromatic carbocycles. The molecule has 0 aromatic heterocycles. The van der Waals surface area contributed by atoms with Crippen LogP contribution in [0.1, 0.15) is 5.56 Å². The Morgan fingerprint density at radius 2 is 1.92 bits per heavy atom. The summed E-state index contributed by atoms with van der Waals surface area (Å²) in [6.07, 6.45) is 1.92. The number of rotatable bonds is 2. The minimum absolute atomic E-state index is 1.26. The standard InChI is InChI=1S/C10H13BrSi/c1-4-9-7-5-6-8-10(9)12(2,3)11/h4-8H,1H2,2-3H3. The molecule has 0 bridgehead atoms. The van der Waals surface area contributed by atoms with E-state index in [1.54, 1.807) is 0 Å². The van der Waals surface area contributed by atoms with Crippen LogP contribution >= 0.6 is 15.3 Å². The molecule has 0 N–H and O–H groups in total. The van der Waals surface area contributed by atoms with Crippen molar-refractivity contribution in [3.05, 3.63) is 36.4 Å². The SMILES string of the molecule is C=Cc1ccccc1[Si](C)(C)Br. The van der Waals surface area contributed by atoms with Gasteiger partial charge in [0, 0.05) is 0 Å². The number of halogens is 1. The van der Waals surface area contributed by atoms with Gasteiger partial charge in [0.2, 0.25) is 0 Å². The first-order valence-electron chi connectivity index (χ1n) is 3.96. The minimum atomic E-state index is -1.36. The lowest BCUT2D eigenvalue weighted by Crippen LogP contribution is -2.36. The van der Waals surface area contributed by atoms with Gasteiger partial charge in [-0.2, -0.15) is 0 Å². The second-order valence-corrected chi connectivity index (χ2v) is 12.7. The summed E-state index contributed by atoms with van der Waals surface area (Å²) in [6, 6.07) is 8.42. The smallest absolute Gasteiger partial charge is 0.121 e. The number of hydrogen-bond acceptors (Lipinski definition) is 0. The van der Waals surface area contributed by atoms with Crippen LogP contribution in [0.2, 0.25) is 13.1 Å². The van der Waals surface area contributed by atoms with Gasteiger partial charge in [-0.15, -0.1) is 15.3 Å². The molecule has 0 unspecified atom stereocenters. The second-order valence-electron chi connectivity index (χ2n) is 3.26. The third-order valence-electron chi connectivity index (χ3n) is 1.82. The second kappa shape index (κ2) is 3.58. The van der Waals surface area contributed by atoms with Crippen molar-refractivity contribution in [1.29, 1.82) is 0 Å². The zero-order chi connectivity index (χ0) is 9.19. The van der Waals surface area contributed by atoms with E-state index in [0.717, 1.165) is 0 Å². The summed E-state index contributed by atoms with van der Waals surface area (Å²) in [5, 5.41) is 1.42. The van der Waals surface area contributed by atoms with E-state index in [9.17, 15) is 0 Å². The van der Waals surface area contributed by atoms with Crippen molar-refractivity contribution in [2.45, 2.75) is 13.1 Å². The zero-order valence-electron chi connectivity index (χ0n) is 7.47. The topological polar surface area (TPSA) is 0 Å². The Balaban J connectivity index is 3.23. The molecule has 2 heteroatoms. The summed E-state index contributed by atoms with van der Waals surface area (Å²) in [6.45, 7) is 7.00. The summed E-state index contributed by atoms with van der Waals surface area (Å²) < 4.78 is 0. The van der Waals surface area contributed by atoms with Crippen LogP contribution in [0.25, 0.3) is 6.08 Å². The lowest BCUT2D eigenvalue weighted by molar-refractivity contribution is 1.69. The maximum absolute atomic E-state index is 3.81. The highest BCUT2D eigenvalue weighted by Crippen LogP contribution is 2.14. The van der Waals surface area contributed by atoms with Crippen LogP contribution < -0.4 is 5.19 Å². The fourth-order valence-corrected chi connectivity index (χ4v) is 3.66. The summed E-state index contributed by atoms with van der Waals surface area (Å²) in [5.74, 6) is 0. The summed E-state index contributed by atoms with van der Waals surface area (Å²) in [4.78, 5) is 0. The lowest BCUT2D eigenvalue weighted by atomic mass is 10.2. The minimum Gasteiger partial charge on any atom is -0.121 e. The van der Waals surface area contributed by atoms with Gasteiger partial charge in [-0.05, 0) is 10.8 Å². The Bertz CT molecular complexity index is 286. The van der Waals surface area contributed by atoms with Gasteiger partial charge in [-0.1, -0.05) is 50.0 Å². The van der Waals surface area contributed by atoms with Crippen molar-refractivity contribution in [3.63, 3.8) is 0 Å². The third-order valence-corrected chi connectivity index (χ3v) is 4.84. The molecule has 1 rings (SSSR count). The van der Waals surface area contributed by atoms with E-state index in [0.29, 0.717) is 0 Å². The average Bonchev–Trinajstić information content (AvgIpc) is 2.03. The maximum Gasteiger partial charge on any atom is 0.155 e. The zero-order valence-corrected chi connectivity index (χ0v) is 10.1. The van der Waals surface area contributed by atoms with Crippen molar-refractivity contribution < 1.29 is 0 Å². The molecule has 0 saturated carbocycles. The van der Waals surface area contributed by atoms with Gasteiger partial charge < -0.3 is 0 Å². The Kier molecular flexibility index (Phi) is 2.91. The first-order chi connectivity index (χ1) is 5.55. The summed E-state index contributed by atoms with van der Waals surface area (Å²) in [7, 11) is 0. The maximum atomic E-state index is 3.81. The quantitative estimate of drug-likeness (QED) is 0.551. The molecule has 0 nitrogen and oxygen atoms in total. The van der Waals surface area contributed by atoms with Gasteiger partial charge in [-0.3, -0.25) is 0 Å². The molecule has 12 heavy (non-hydrogen) atoms. The van der Waals surface area contributed by atoms with Crippen LogP contribution in [-0.2, 0) is 0 Å². The van der Waals surface area contributed by atoms with Crippen LogP contribution in [0, 0.1) is 0 Å². The fraction of sp³-hybridized carbons (Fsp3) is 0.200. The van der Waals surface area contributed by atoms with E-state index < -0.39 is 6.69 Å².